The number of benzene rings is 2. The van der Waals surface area contributed by atoms with E-state index in [1.54, 1.807) is 11.0 Å². The third-order valence-corrected chi connectivity index (χ3v) is 6.26. The summed E-state index contributed by atoms with van der Waals surface area (Å²) >= 11 is 0. The lowest BCUT2D eigenvalue weighted by molar-refractivity contribution is -0.129. The number of carbonyl (C=O) groups is 2. The van der Waals surface area contributed by atoms with Gasteiger partial charge in [0, 0.05) is 26.2 Å². The van der Waals surface area contributed by atoms with Crippen molar-refractivity contribution in [3.05, 3.63) is 88.7 Å². The molecule has 4 rings (SSSR count). The van der Waals surface area contributed by atoms with E-state index in [0.29, 0.717) is 26.3 Å². The molecule has 2 aromatic rings. The standard InChI is InChI=1S/C27H30N2O4/c1-2-20-8-11-22(12-9-20)25-24(23(30)13-10-21-6-4-3-5-7-21)26(31)27(32)29(25)15-14-28-16-18-33-19-17-28/h3-13,25,31H,2,14-19H2,1H3/b13-10+. The third-order valence-electron chi connectivity index (χ3n) is 6.26. The van der Waals surface area contributed by atoms with Crippen molar-refractivity contribution in [3.8, 4) is 0 Å². The molecular formula is C27H30N2O4. The molecule has 2 aromatic carbocycles. The molecule has 2 aliphatic rings. The molecule has 1 saturated heterocycles. The van der Waals surface area contributed by atoms with Crippen LogP contribution in [-0.2, 0) is 20.7 Å². The lowest BCUT2D eigenvalue weighted by Crippen LogP contribution is -2.43. The lowest BCUT2D eigenvalue weighted by atomic mass is 9.94. The first-order valence-corrected chi connectivity index (χ1v) is 11.5. The molecule has 2 aliphatic heterocycles. The summed E-state index contributed by atoms with van der Waals surface area (Å²) in [5.74, 6) is -1.31. The van der Waals surface area contributed by atoms with Gasteiger partial charge >= 0.3 is 0 Å². The van der Waals surface area contributed by atoms with Crippen LogP contribution in [0.3, 0.4) is 0 Å². The molecule has 0 saturated carbocycles. The first-order valence-electron chi connectivity index (χ1n) is 11.5. The monoisotopic (exact) mass is 446 g/mol. The maximum atomic E-state index is 13.2. The van der Waals surface area contributed by atoms with Gasteiger partial charge in [0.25, 0.3) is 5.91 Å². The van der Waals surface area contributed by atoms with Crippen LogP contribution in [0.15, 0.2) is 72.0 Å². The van der Waals surface area contributed by atoms with E-state index in [2.05, 4.69) is 11.8 Å². The molecule has 6 nitrogen and oxygen atoms in total. The predicted octanol–water partition coefficient (Wildman–Crippen LogP) is 3.56. The second kappa shape index (κ2) is 10.6. The van der Waals surface area contributed by atoms with Crippen LogP contribution < -0.4 is 0 Å². The molecule has 172 valence electrons. The van der Waals surface area contributed by atoms with Crippen molar-refractivity contribution in [2.24, 2.45) is 0 Å². The molecule has 1 unspecified atom stereocenters. The number of aryl methyl sites for hydroxylation is 1. The third kappa shape index (κ3) is 5.24. The zero-order chi connectivity index (χ0) is 23.2. The molecule has 1 fully saturated rings. The van der Waals surface area contributed by atoms with E-state index in [9.17, 15) is 14.7 Å². The fourth-order valence-electron chi connectivity index (χ4n) is 4.32. The van der Waals surface area contributed by atoms with Gasteiger partial charge in [-0.25, -0.2) is 0 Å². The quantitative estimate of drug-likeness (QED) is 0.628. The van der Waals surface area contributed by atoms with Crippen LogP contribution in [0.25, 0.3) is 6.08 Å². The van der Waals surface area contributed by atoms with Crippen LogP contribution >= 0.6 is 0 Å². The molecule has 0 radical (unpaired) electrons. The normalized spacial score (nSPS) is 19.6. The summed E-state index contributed by atoms with van der Waals surface area (Å²) in [7, 11) is 0. The Hall–Kier alpha value is -3.22. The average molecular weight is 447 g/mol. The number of ether oxygens (including phenoxy) is 1. The van der Waals surface area contributed by atoms with Gasteiger partial charge in [0.15, 0.2) is 11.5 Å². The van der Waals surface area contributed by atoms with Crippen molar-refractivity contribution in [1.82, 2.24) is 9.80 Å². The second-order valence-corrected chi connectivity index (χ2v) is 8.32. The molecule has 2 heterocycles. The van der Waals surface area contributed by atoms with Gasteiger partial charge in [-0.05, 0) is 29.2 Å². The minimum Gasteiger partial charge on any atom is -0.503 e. The van der Waals surface area contributed by atoms with Crippen molar-refractivity contribution < 1.29 is 19.4 Å². The molecule has 1 atom stereocenters. The van der Waals surface area contributed by atoms with Gasteiger partial charge in [-0.2, -0.15) is 0 Å². The molecule has 0 aromatic heterocycles. The van der Waals surface area contributed by atoms with Gasteiger partial charge < -0.3 is 14.7 Å². The first-order chi connectivity index (χ1) is 16.1. The predicted molar refractivity (Wildman–Crippen MR) is 128 cm³/mol. The summed E-state index contributed by atoms with van der Waals surface area (Å²) in [6.45, 7) is 6.12. The van der Waals surface area contributed by atoms with Crippen LogP contribution in [0.1, 0.15) is 29.7 Å². The van der Waals surface area contributed by atoms with E-state index >= 15 is 0 Å². The van der Waals surface area contributed by atoms with Crippen LogP contribution in [0.5, 0.6) is 0 Å². The van der Waals surface area contributed by atoms with Gasteiger partial charge in [0.2, 0.25) is 0 Å². The number of hydrogen-bond donors (Lipinski definition) is 1. The summed E-state index contributed by atoms with van der Waals surface area (Å²) in [6, 6.07) is 16.8. The summed E-state index contributed by atoms with van der Waals surface area (Å²) in [4.78, 5) is 30.2. The maximum Gasteiger partial charge on any atom is 0.290 e. The zero-order valence-electron chi connectivity index (χ0n) is 18.9. The van der Waals surface area contributed by atoms with E-state index in [1.807, 2.05) is 54.6 Å². The summed E-state index contributed by atoms with van der Waals surface area (Å²) in [5, 5.41) is 10.8. The summed E-state index contributed by atoms with van der Waals surface area (Å²) < 4.78 is 5.41. The Balaban J connectivity index is 1.62. The second-order valence-electron chi connectivity index (χ2n) is 8.32. The lowest BCUT2D eigenvalue weighted by Gasteiger charge is -2.31. The number of hydrogen-bond acceptors (Lipinski definition) is 5. The van der Waals surface area contributed by atoms with Crippen LogP contribution in [-0.4, -0.2) is 66.0 Å². The Morgan fingerprint density at radius 1 is 1.06 bits per heavy atom. The number of nitrogens with zero attached hydrogens (tertiary/aromatic N) is 2. The molecule has 1 N–H and O–H groups in total. The number of aliphatic hydroxyl groups is 1. The number of aliphatic hydroxyl groups excluding tert-OH is 1. The zero-order valence-corrected chi connectivity index (χ0v) is 18.9. The van der Waals surface area contributed by atoms with E-state index in [0.717, 1.165) is 30.6 Å². The largest absolute Gasteiger partial charge is 0.503 e. The smallest absolute Gasteiger partial charge is 0.290 e. The maximum absolute atomic E-state index is 13.2. The number of allylic oxidation sites excluding steroid dienone is 1. The highest BCUT2D eigenvalue weighted by atomic mass is 16.5. The summed E-state index contributed by atoms with van der Waals surface area (Å²) in [5.41, 5.74) is 3.01. The SMILES string of the molecule is CCc1ccc(C2C(C(=O)/C=C/c3ccccc3)=C(O)C(=O)N2CCN2CCOCC2)cc1. The Labute approximate surface area is 194 Å². The number of carbonyl (C=O) groups excluding carboxylic acids is 2. The Morgan fingerprint density at radius 3 is 2.42 bits per heavy atom. The number of ketones is 1. The number of rotatable bonds is 8. The van der Waals surface area contributed by atoms with Crippen molar-refractivity contribution in [2.45, 2.75) is 19.4 Å². The van der Waals surface area contributed by atoms with Crippen molar-refractivity contribution in [3.63, 3.8) is 0 Å². The van der Waals surface area contributed by atoms with Crippen LogP contribution in [0.4, 0.5) is 0 Å². The van der Waals surface area contributed by atoms with Crippen molar-refractivity contribution >= 4 is 17.8 Å². The van der Waals surface area contributed by atoms with Gasteiger partial charge in [-0.1, -0.05) is 67.6 Å². The Bertz CT molecular complexity index is 1040. The highest BCUT2D eigenvalue weighted by Gasteiger charge is 2.42. The van der Waals surface area contributed by atoms with Gasteiger partial charge in [-0.15, -0.1) is 0 Å². The summed E-state index contributed by atoms with van der Waals surface area (Å²) in [6.07, 6.45) is 4.05. The van der Waals surface area contributed by atoms with Crippen LogP contribution in [0.2, 0.25) is 0 Å². The van der Waals surface area contributed by atoms with Crippen molar-refractivity contribution in [2.75, 3.05) is 39.4 Å². The molecular weight excluding hydrogens is 416 g/mol. The topological polar surface area (TPSA) is 70.1 Å². The molecule has 1 amide bonds. The minimum atomic E-state index is -0.614. The van der Waals surface area contributed by atoms with Crippen LogP contribution in [0, 0.1) is 0 Å². The van der Waals surface area contributed by atoms with E-state index < -0.39 is 17.7 Å². The van der Waals surface area contributed by atoms with Gasteiger partial charge in [-0.3, -0.25) is 14.5 Å². The van der Waals surface area contributed by atoms with Gasteiger partial charge in [0.05, 0.1) is 24.8 Å². The fraction of sp³-hybridized carbons (Fsp3) is 0.333. The molecule has 33 heavy (non-hydrogen) atoms. The highest BCUT2D eigenvalue weighted by Crippen LogP contribution is 2.38. The van der Waals surface area contributed by atoms with Crippen molar-refractivity contribution in [1.29, 1.82) is 0 Å². The molecule has 6 heteroatoms. The van der Waals surface area contributed by atoms with Gasteiger partial charge in [0.1, 0.15) is 0 Å². The highest BCUT2D eigenvalue weighted by molar-refractivity contribution is 6.14. The number of amides is 1. The molecule has 0 aliphatic carbocycles. The minimum absolute atomic E-state index is 0.137. The van der Waals surface area contributed by atoms with E-state index in [4.69, 9.17) is 4.74 Å². The molecule has 0 spiro atoms. The average Bonchev–Trinajstić information content (AvgIpc) is 3.12. The van der Waals surface area contributed by atoms with E-state index in [1.165, 1.54) is 11.6 Å². The fourth-order valence-corrected chi connectivity index (χ4v) is 4.32. The first kappa shape index (κ1) is 23.0. The Kier molecular flexibility index (Phi) is 7.37. The Morgan fingerprint density at radius 2 is 1.76 bits per heavy atom. The molecule has 0 bridgehead atoms. The van der Waals surface area contributed by atoms with E-state index in [-0.39, 0.29) is 11.4 Å². The number of morpholine rings is 1.